The van der Waals surface area contributed by atoms with E-state index < -0.39 is 0 Å². The molecule has 0 aromatic heterocycles. The summed E-state index contributed by atoms with van der Waals surface area (Å²) in [4.78, 5) is 25.5. The van der Waals surface area contributed by atoms with Crippen molar-refractivity contribution in [2.24, 2.45) is 23.2 Å². The Morgan fingerprint density at radius 2 is 1.56 bits per heavy atom. The summed E-state index contributed by atoms with van der Waals surface area (Å²) in [6.45, 7) is 0. The Morgan fingerprint density at radius 1 is 1.00 bits per heavy atom. The Morgan fingerprint density at radius 3 is 2.11 bits per heavy atom. The van der Waals surface area contributed by atoms with E-state index in [0.717, 1.165) is 28.4 Å². The van der Waals surface area contributed by atoms with E-state index in [1.165, 1.54) is 50.3 Å². The van der Waals surface area contributed by atoms with Crippen LogP contribution in [-0.2, 0) is 9.59 Å². The summed E-state index contributed by atoms with van der Waals surface area (Å²) in [5.74, 6) is 3.33. The fourth-order valence-electron chi connectivity index (χ4n) is 5.89. The topological polar surface area (TPSA) is 67.4 Å². The molecule has 5 nitrogen and oxygen atoms in total. The lowest BCUT2D eigenvalue weighted by molar-refractivity contribution is -0.133. The molecule has 4 fully saturated rings. The summed E-state index contributed by atoms with van der Waals surface area (Å²) >= 11 is 1.44. The fourth-order valence-corrected chi connectivity index (χ4v) is 6.59. The maximum atomic E-state index is 12.4. The minimum Gasteiger partial charge on any atom is -0.497 e. The number of benzene rings is 1. The molecule has 2 amide bonds. The molecule has 0 radical (unpaired) electrons. The normalized spacial score (nSPS) is 30.8. The number of rotatable bonds is 6. The number of hydrazine groups is 1. The van der Waals surface area contributed by atoms with Crippen molar-refractivity contribution < 1.29 is 14.3 Å². The summed E-state index contributed by atoms with van der Waals surface area (Å²) in [5, 5.41) is 0. The second-order valence-electron chi connectivity index (χ2n) is 8.65. The Labute approximate surface area is 165 Å². The number of amides is 2. The minimum absolute atomic E-state index is 0.0419. The molecule has 4 aliphatic rings. The SMILES string of the molecule is COc1ccc(SCC(=O)NNC(=O)CC23CC4CC(CC(C4)C2)C3)cc1. The lowest BCUT2D eigenvalue weighted by Gasteiger charge is -2.56. The van der Waals surface area contributed by atoms with E-state index in [9.17, 15) is 9.59 Å². The summed E-state index contributed by atoms with van der Waals surface area (Å²) in [6, 6.07) is 7.58. The van der Waals surface area contributed by atoms with E-state index in [0.29, 0.717) is 6.42 Å². The summed E-state index contributed by atoms with van der Waals surface area (Å²) in [7, 11) is 1.63. The van der Waals surface area contributed by atoms with Gasteiger partial charge in [0.25, 0.3) is 0 Å². The van der Waals surface area contributed by atoms with Crippen LogP contribution in [0.1, 0.15) is 44.9 Å². The molecule has 4 saturated carbocycles. The van der Waals surface area contributed by atoms with Crippen LogP contribution >= 0.6 is 11.8 Å². The number of carbonyl (C=O) groups excluding carboxylic acids is 2. The van der Waals surface area contributed by atoms with Gasteiger partial charge in [0, 0.05) is 11.3 Å². The Hall–Kier alpha value is -1.69. The number of nitrogens with one attached hydrogen (secondary N) is 2. The third-order valence-corrected chi connectivity index (χ3v) is 7.48. The van der Waals surface area contributed by atoms with E-state index in [1.54, 1.807) is 7.11 Å². The van der Waals surface area contributed by atoms with Gasteiger partial charge in [0.05, 0.1) is 12.9 Å². The zero-order valence-corrected chi connectivity index (χ0v) is 16.6. The highest BCUT2D eigenvalue weighted by molar-refractivity contribution is 8.00. The van der Waals surface area contributed by atoms with Crippen LogP contribution in [0.25, 0.3) is 0 Å². The maximum Gasteiger partial charge on any atom is 0.248 e. The van der Waals surface area contributed by atoms with Crippen molar-refractivity contribution in [1.29, 1.82) is 0 Å². The molecule has 2 N–H and O–H groups in total. The molecular weight excluding hydrogens is 360 g/mol. The van der Waals surface area contributed by atoms with Gasteiger partial charge in [-0.1, -0.05) is 0 Å². The number of ether oxygens (including phenoxy) is 1. The lowest BCUT2D eigenvalue weighted by Crippen LogP contribution is -2.50. The highest BCUT2D eigenvalue weighted by atomic mass is 32.2. The van der Waals surface area contributed by atoms with Gasteiger partial charge in [0.1, 0.15) is 5.75 Å². The first-order valence-electron chi connectivity index (χ1n) is 9.88. The molecule has 0 aliphatic heterocycles. The molecule has 0 spiro atoms. The lowest BCUT2D eigenvalue weighted by atomic mass is 9.49. The van der Waals surface area contributed by atoms with Gasteiger partial charge in [-0.3, -0.25) is 20.4 Å². The van der Waals surface area contributed by atoms with Crippen LogP contribution in [0.3, 0.4) is 0 Å². The molecule has 0 atom stereocenters. The van der Waals surface area contributed by atoms with Gasteiger partial charge in [-0.05, 0) is 86.0 Å². The maximum absolute atomic E-state index is 12.4. The fraction of sp³-hybridized carbons (Fsp3) is 0.619. The van der Waals surface area contributed by atoms with Gasteiger partial charge in [-0.15, -0.1) is 11.8 Å². The first-order valence-corrected chi connectivity index (χ1v) is 10.9. The Bertz CT molecular complexity index is 669. The first-order chi connectivity index (χ1) is 13.0. The van der Waals surface area contributed by atoms with E-state index in [-0.39, 0.29) is 23.0 Å². The zero-order valence-electron chi connectivity index (χ0n) is 15.8. The second-order valence-corrected chi connectivity index (χ2v) is 9.70. The Kier molecular flexibility index (Phi) is 5.35. The zero-order chi connectivity index (χ0) is 18.9. The minimum atomic E-state index is -0.185. The number of methoxy groups -OCH3 is 1. The molecule has 27 heavy (non-hydrogen) atoms. The predicted octanol–water partition coefficient (Wildman–Crippen LogP) is 3.54. The standard InChI is InChI=1S/C21H28N2O3S/c1-26-17-2-4-18(5-3-17)27-13-20(25)23-22-19(24)12-21-9-14-6-15(10-21)8-16(7-14)11-21/h2-5,14-16H,6-13H2,1H3,(H,22,24)(H,23,25). The van der Waals surface area contributed by atoms with Crippen molar-refractivity contribution in [3.05, 3.63) is 24.3 Å². The summed E-state index contributed by atoms with van der Waals surface area (Å²) in [6.07, 6.45) is 8.29. The second kappa shape index (κ2) is 7.74. The van der Waals surface area contributed by atoms with Crippen LogP contribution in [0.4, 0.5) is 0 Å². The molecule has 0 heterocycles. The number of thioether (sulfide) groups is 1. The van der Waals surface area contributed by atoms with Gasteiger partial charge in [-0.2, -0.15) is 0 Å². The first kappa shape index (κ1) is 18.7. The quantitative estimate of drug-likeness (QED) is 0.578. The largest absolute Gasteiger partial charge is 0.497 e. The van der Waals surface area contributed by atoms with E-state index in [1.807, 2.05) is 24.3 Å². The van der Waals surface area contributed by atoms with Gasteiger partial charge >= 0.3 is 0 Å². The predicted molar refractivity (Wildman–Crippen MR) is 105 cm³/mol. The summed E-state index contributed by atoms with van der Waals surface area (Å²) in [5.41, 5.74) is 5.41. The molecule has 4 bridgehead atoms. The van der Waals surface area contributed by atoms with Crippen LogP contribution in [0.5, 0.6) is 5.75 Å². The molecule has 0 saturated heterocycles. The smallest absolute Gasteiger partial charge is 0.248 e. The molecule has 146 valence electrons. The van der Waals surface area contributed by atoms with Crippen LogP contribution in [0, 0.1) is 23.2 Å². The molecule has 6 heteroatoms. The summed E-state index contributed by atoms with van der Waals surface area (Å²) < 4.78 is 5.12. The molecule has 1 aromatic rings. The van der Waals surface area contributed by atoms with Crippen molar-refractivity contribution in [2.75, 3.05) is 12.9 Å². The monoisotopic (exact) mass is 388 g/mol. The van der Waals surface area contributed by atoms with Crippen LogP contribution in [-0.4, -0.2) is 24.7 Å². The number of carbonyl (C=O) groups is 2. The van der Waals surface area contributed by atoms with Gasteiger partial charge < -0.3 is 4.74 Å². The van der Waals surface area contributed by atoms with Crippen molar-refractivity contribution in [2.45, 2.75) is 49.8 Å². The molecule has 5 rings (SSSR count). The average Bonchev–Trinajstić information content (AvgIpc) is 2.63. The molecule has 1 aromatic carbocycles. The van der Waals surface area contributed by atoms with Crippen molar-refractivity contribution >= 4 is 23.6 Å². The van der Waals surface area contributed by atoms with Gasteiger partial charge in [0.2, 0.25) is 11.8 Å². The highest BCUT2D eigenvalue weighted by Crippen LogP contribution is 2.61. The van der Waals surface area contributed by atoms with Crippen LogP contribution < -0.4 is 15.6 Å². The van der Waals surface area contributed by atoms with Gasteiger partial charge in [0.15, 0.2) is 0 Å². The van der Waals surface area contributed by atoms with E-state index >= 15 is 0 Å². The molecule has 4 aliphatic carbocycles. The van der Waals surface area contributed by atoms with Gasteiger partial charge in [-0.25, -0.2) is 0 Å². The molecule has 0 unspecified atom stereocenters. The number of hydrogen-bond acceptors (Lipinski definition) is 4. The van der Waals surface area contributed by atoms with E-state index in [2.05, 4.69) is 10.9 Å². The highest BCUT2D eigenvalue weighted by Gasteiger charge is 2.51. The van der Waals surface area contributed by atoms with Crippen molar-refractivity contribution in [1.82, 2.24) is 10.9 Å². The average molecular weight is 389 g/mol. The Balaban J connectivity index is 1.20. The third kappa shape index (κ3) is 4.42. The number of hydrogen-bond donors (Lipinski definition) is 2. The van der Waals surface area contributed by atoms with Crippen molar-refractivity contribution in [3.63, 3.8) is 0 Å². The van der Waals surface area contributed by atoms with E-state index in [4.69, 9.17) is 4.74 Å². The molecular formula is C21H28N2O3S. The van der Waals surface area contributed by atoms with Crippen LogP contribution in [0.2, 0.25) is 0 Å². The van der Waals surface area contributed by atoms with Crippen molar-refractivity contribution in [3.8, 4) is 5.75 Å². The van der Waals surface area contributed by atoms with Crippen LogP contribution in [0.15, 0.2) is 29.2 Å². The third-order valence-electron chi connectivity index (χ3n) is 6.47.